The number of carbonyl (C=O) groups is 1. The predicted octanol–water partition coefficient (Wildman–Crippen LogP) is -0.0408. The molecule has 0 saturated heterocycles. The summed E-state index contributed by atoms with van der Waals surface area (Å²) in [7, 11) is 1.42. The molecule has 0 aliphatic heterocycles. The molecule has 1 aromatic rings. The van der Waals surface area contributed by atoms with E-state index in [1.54, 1.807) is 0 Å². The average Bonchev–Trinajstić information content (AvgIpc) is 2.27. The molecule has 3 N–H and O–H groups in total. The van der Waals surface area contributed by atoms with E-state index in [4.69, 9.17) is 9.84 Å². The van der Waals surface area contributed by atoms with Crippen LogP contribution in [-0.2, 0) is 4.79 Å². The van der Waals surface area contributed by atoms with Crippen molar-refractivity contribution in [2.24, 2.45) is 0 Å². The highest BCUT2D eigenvalue weighted by molar-refractivity contribution is 5.67. The molecule has 1 heterocycles. The van der Waals surface area contributed by atoms with Gasteiger partial charge < -0.3 is 20.1 Å². The maximum Gasteiger partial charge on any atom is 0.306 e. The number of aromatic nitrogens is 1. The van der Waals surface area contributed by atoms with Gasteiger partial charge in [-0.15, -0.1) is 0 Å². The number of ether oxygens (including phenoxy) is 1. The highest BCUT2D eigenvalue weighted by atomic mass is 16.5. The minimum Gasteiger partial charge on any atom is -0.481 e. The Kier molecular flexibility index (Phi) is 4.21. The number of carboxylic acid groups (broad SMARTS) is 1. The second-order valence-electron chi connectivity index (χ2n) is 3.24. The molecule has 1 aromatic heterocycles. The molecule has 0 amide bonds. The van der Waals surface area contributed by atoms with E-state index in [-0.39, 0.29) is 0 Å². The zero-order valence-electron chi connectivity index (χ0n) is 8.70. The molecule has 0 radical (unpaired) electrons. The van der Waals surface area contributed by atoms with Crippen LogP contribution in [0, 0.1) is 0 Å². The van der Waals surface area contributed by atoms with Gasteiger partial charge in [-0.3, -0.25) is 4.79 Å². The van der Waals surface area contributed by atoms with Gasteiger partial charge in [-0.1, -0.05) is 0 Å². The molecule has 0 bridgehead atoms. The van der Waals surface area contributed by atoms with Crippen LogP contribution in [0.1, 0.15) is 18.1 Å². The number of hydrogen-bond donors (Lipinski definition) is 3. The highest BCUT2D eigenvalue weighted by Gasteiger charge is 2.21. The number of rotatable bonds is 5. The number of methoxy groups -OCH3 is 1. The number of aliphatic hydroxyl groups excluding tert-OH is 2. The Balaban J connectivity index is 2.78. The lowest BCUT2D eigenvalue weighted by atomic mass is 10.0. The molecule has 88 valence electrons. The fourth-order valence-electron chi connectivity index (χ4n) is 1.23. The molecule has 0 spiro atoms. The zero-order chi connectivity index (χ0) is 12.1. The number of nitrogens with zero attached hydrogens (tertiary/aromatic N) is 1. The topological polar surface area (TPSA) is 99.9 Å². The summed E-state index contributed by atoms with van der Waals surface area (Å²) in [5, 5.41) is 27.5. The van der Waals surface area contributed by atoms with Crippen LogP contribution >= 0.6 is 0 Å². The van der Waals surface area contributed by atoms with E-state index >= 15 is 0 Å². The molecule has 0 saturated carbocycles. The van der Waals surface area contributed by atoms with Crippen LogP contribution in [0.25, 0.3) is 0 Å². The van der Waals surface area contributed by atoms with Crippen LogP contribution in [0.15, 0.2) is 18.3 Å². The van der Waals surface area contributed by atoms with E-state index in [1.807, 2.05) is 0 Å². The van der Waals surface area contributed by atoms with Gasteiger partial charge in [0.25, 0.3) is 0 Å². The largest absolute Gasteiger partial charge is 0.481 e. The summed E-state index contributed by atoms with van der Waals surface area (Å²) >= 11 is 0. The maximum absolute atomic E-state index is 10.4. The lowest BCUT2D eigenvalue weighted by Gasteiger charge is -2.16. The molecular formula is C10H13NO5. The fraction of sp³-hybridized carbons (Fsp3) is 0.400. The first-order valence-corrected chi connectivity index (χ1v) is 4.62. The van der Waals surface area contributed by atoms with Gasteiger partial charge in [0, 0.05) is 12.3 Å². The maximum atomic E-state index is 10.4. The van der Waals surface area contributed by atoms with E-state index < -0.39 is 24.6 Å². The Morgan fingerprint density at radius 3 is 2.81 bits per heavy atom. The Hall–Kier alpha value is -1.66. The quantitative estimate of drug-likeness (QED) is 0.652. The van der Waals surface area contributed by atoms with Crippen LogP contribution < -0.4 is 4.74 Å². The second-order valence-corrected chi connectivity index (χ2v) is 3.24. The van der Waals surface area contributed by atoms with E-state index in [0.717, 1.165) is 0 Å². The number of pyridine rings is 1. The Labute approximate surface area is 92.1 Å². The van der Waals surface area contributed by atoms with Gasteiger partial charge in [0.2, 0.25) is 5.88 Å². The SMILES string of the molecule is COc1cc(C(O)C(O)CC(=O)O)ccn1. The summed E-state index contributed by atoms with van der Waals surface area (Å²) in [4.78, 5) is 14.2. The summed E-state index contributed by atoms with van der Waals surface area (Å²) in [5.41, 5.74) is 0.362. The van der Waals surface area contributed by atoms with Crippen molar-refractivity contribution in [2.75, 3.05) is 7.11 Å². The molecule has 0 aliphatic rings. The minimum absolute atomic E-state index is 0.291. The molecule has 0 fully saturated rings. The van der Waals surface area contributed by atoms with Crippen LogP contribution in [-0.4, -0.2) is 39.5 Å². The predicted molar refractivity (Wildman–Crippen MR) is 54.0 cm³/mol. The van der Waals surface area contributed by atoms with Gasteiger partial charge >= 0.3 is 5.97 Å². The number of carboxylic acids is 1. The van der Waals surface area contributed by atoms with Crippen molar-refractivity contribution in [1.29, 1.82) is 0 Å². The van der Waals surface area contributed by atoms with Gasteiger partial charge in [0.15, 0.2) is 0 Å². The van der Waals surface area contributed by atoms with Crippen molar-refractivity contribution in [3.63, 3.8) is 0 Å². The number of hydrogen-bond acceptors (Lipinski definition) is 5. The van der Waals surface area contributed by atoms with E-state index in [2.05, 4.69) is 4.98 Å². The third-order valence-electron chi connectivity index (χ3n) is 2.06. The monoisotopic (exact) mass is 227 g/mol. The van der Waals surface area contributed by atoms with Gasteiger partial charge in [-0.05, 0) is 11.6 Å². The van der Waals surface area contributed by atoms with Crippen LogP contribution in [0.2, 0.25) is 0 Å². The fourth-order valence-corrected chi connectivity index (χ4v) is 1.23. The average molecular weight is 227 g/mol. The lowest BCUT2D eigenvalue weighted by Crippen LogP contribution is -2.21. The number of aliphatic carboxylic acids is 1. The Morgan fingerprint density at radius 1 is 1.56 bits per heavy atom. The summed E-state index contributed by atoms with van der Waals surface area (Å²) in [5.74, 6) is -0.883. The Morgan fingerprint density at radius 2 is 2.25 bits per heavy atom. The van der Waals surface area contributed by atoms with Gasteiger partial charge in [-0.2, -0.15) is 0 Å². The Bertz CT molecular complexity index is 368. The van der Waals surface area contributed by atoms with Gasteiger partial charge in [0.05, 0.1) is 19.6 Å². The van der Waals surface area contributed by atoms with Crippen molar-refractivity contribution < 1.29 is 24.9 Å². The first-order chi connectivity index (χ1) is 7.54. The molecule has 2 unspecified atom stereocenters. The smallest absolute Gasteiger partial charge is 0.306 e. The number of aliphatic hydroxyl groups is 2. The summed E-state index contributed by atoms with van der Waals surface area (Å²) in [6, 6.07) is 2.92. The third-order valence-corrected chi connectivity index (χ3v) is 2.06. The molecule has 16 heavy (non-hydrogen) atoms. The van der Waals surface area contributed by atoms with Crippen molar-refractivity contribution >= 4 is 5.97 Å². The second kappa shape index (κ2) is 5.43. The van der Waals surface area contributed by atoms with Crippen LogP contribution in [0.4, 0.5) is 0 Å². The van der Waals surface area contributed by atoms with E-state index in [0.29, 0.717) is 11.4 Å². The van der Waals surface area contributed by atoms with Gasteiger partial charge in [0.1, 0.15) is 6.10 Å². The van der Waals surface area contributed by atoms with Crippen molar-refractivity contribution in [1.82, 2.24) is 4.98 Å². The lowest BCUT2D eigenvalue weighted by molar-refractivity contribution is -0.141. The third kappa shape index (κ3) is 3.18. The summed E-state index contributed by atoms with van der Waals surface area (Å²) in [6.07, 6.45) is -1.74. The summed E-state index contributed by atoms with van der Waals surface area (Å²) in [6.45, 7) is 0. The zero-order valence-corrected chi connectivity index (χ0v) is 8.70. The van der Waals surface area contributed by atoms with Crippen molar-refractivity contribution in [2.45, 2.75) is 18.6 Å². The standard InChI is InChI=1S/C10H13NO5/c1-16-8-4-6(2-3-11-8)10(15)7(12)5-9(13)14/h2-4,7,10,12,15H,5H2,1H3,(H,13,14). The van der Waals surface area contributed by atoms with E-state index in [1.165, 1.54) is 25.4 Å². The first-order valence-electron chi connectivity index (χ1n) is 4.62. The van der Waals surface area contributed by atoms with Gasteiger partial charge in [-0.25, -0.2) is 4.98 Å². The summed E-state index contributed by atoms with van der Waals surface area (Å²) < 4.78 is 4.85. The highest BCUT2D eigenvalue weighted by Crippen LogP contribution is 2.21. The molecule has 0 aliphatic carbocycles. The molecule has 0 aromatic carbocycles. The molecule has 1 rings (SSSR count). The van der Waals surface area contributed by atoms with Crippen molar-refractivity contribution in [3.8, 4) is 5.88 Å². The van der Waals surface area contributed by atoms with Crippen LogP contribution in [0.5, 0.6) is 5.88 Å². The molecule has 6 nitrogen and oxygen atoms in total. The normalized spacial score (nSPS) is 14.2. The molecule has 6 heteroatoms. The first kappa shape index (κ1) is 12.4. The molecular weight excluding hydrogens is 214 g/mol. The molecule has 2 atom stereocenters. The minimum atomic E-state index is -1.36. The van der Waals surface area contributed by atoms with Crippen molar-refractivity contribution in [3.05, 3.63) is 23.9 Å². The van der Waals surface area contributed by atoms with Crippen LogP contribution in [0.3, 0.4) is 0 Å². The van der Waals surface area contributed by atoms with E-state index in [9.17, 15) is 15.0 Å².